The summed E-state index contributed by atoms with van der Waals surface area (Å²) in [5, 5.41) is 7.50. The van der Waals surface area contributed by atoms with Crippen molar-refractivity contribution in [3.8, 4) is 11.3 Å². The van der Waals surface area contributed by atoms with Crippen molar-refractivity contribution in [3.05, 3.63) is 41.1 Å². The van der Waals surface area contributed by atoms with Crippen molar-refractivity contribution in [1.29, 1.82) is 0 Å². The van der Waals surface area contributed by atoms with Crippen LogP contribution in [0.4, 0.5) is 0 Å². The van der Waals surface area contributed by atoms with Crippen LogP contribution in [-0.4, -0.2) is 21.7 Å². The Labute approximate surface area is 132 Å². The van der Waals surface area contributed by atoms with Gasteiger partial charge in [0.25, 0.3) is 5.91 Å². The van der Waals surface area contributed by atoms with Crippen LogP contribution in [-0.2, 0) is 7.05 Å². The van der Waals surface area contributed by atoms with Crippen molar-refractivity contribution < 1.29 is 4.79 Å². The van der Waals surface area contributed by atoms with Gasteiger partial charge in [-0.2, -0.15) is 5.10 Å². The van der Waals surface area contributed by atoms with E-state index in [-0.39, 0.29) is 11.9 Å². The lowest BCUT2D eigenvalue weighted by Crippen LogP contribution is -2.37. The van der Waals surface area contributed by atoms with Crippen LogP contribution in [0.5, 0.6) is 0 Å². The zero-order chi connectivity index (χ0) is 16.4. The Morgan fingerprint density at radius 3 is 2.41 bits per heavy atom. The Morgan fingerprint density at radius 1 is 1.14 bits per heavy atom. The summed E-state index contributed by atoms with van der Waals surface area (Å²) in [6, 6.07) is 8.22. The fraction of sp³-hybridized carbons (Fsp3) is 0.444. The summed E-state index contributed by atoms with van der Waals surface area (Å²) >= 11 is 0. The number of rotatable bonds is 4. The van der Waals surface area contributed by atoms with Crippen LogP contribution in [0.25, 0.3) is 11.3 Å². The van der Waals surface area contributed by atoms with E-state index in [2.05, 4.69) is 50.2 Å². The van der Waals surface area contributed by atoms with E-state index >= 15 is 0 Å². The molecule has 0 fully saturated rings. The first-order valence-electron chi connectivity index (χ1n) is 7.72. The number of amides is 1. The first-order valence-corrected chi connectivity index (χ1v) is 7.72. The van der Waals surface area contributed by atoms with E-state index in [1.54, 1.807) is 11.7 Å². The molecule has 1 atom stereocenters. The van der Waals surface area contributed by atoms with E-state index < -0.39 is 0 Å². The first-order chi connectivity index (χ1) is 10.3. The molecule has 1 aromatic carbocycles. The smallest absolute Gasteiger partial charge is 0.269 e. The number of benzene rings is 1. The highest BCUT2D eigenvalue weighted by Crippen LogP contribution is 2.22. The molecule has 22 heavy (non-hydrogen) atoms. The highest BCUT2D eigenvalue weighted by Gasteiger charge is 2.17. The predicted molar refractivity (Wildman–Crippen MR) is 89.9 cm³/mol. The summed E-state index contributed by atoms with van der Waals surface area (Å²) in [5.74, 6) is 0.322. The molecule has 2 aromatic rings. The Bertz CT molecular complexity index is 686. The van der Waals surface area contributed by atoms with Crippen LogP contribution in [0.15, 0.2) is 24.3 Å². The number of carbonyl (C=O) groups is 1. The zero-order valence-corrected chi connectivity index (χ0v) is 14.3. The average molecular weight is 299 g/mol. The summed E-state index contributed by atoms with van der Waals surface area (Å²) in [6.45, 7) is 10.4. The summed E-state index contributed by atoms with van der Waals surface area (Å²) in [4.78, 5) is 12.4. The Morgan fingerprint density at radius 2 is 1.82 bits per heavy atom. The fourth-order valence-electron chi connectivity index (χ4n) is 2.17. The van der Waals surface area contributed by atoms with Gasteiger partial charge in [0, 0.05) is 18.7 Å². The lowest BCUT2D eigenvalue weighted by Gasteiger charge is -2.17. The van der Waals surface area contributed by atoms with E-state index in [1.807, 2.05) is 19.1 Å². The minimum absolute atomic E-state index is 0.0775. The van der Waals surface area contributed by atoms with E-state index in [9.17, 15) is 4.79 Å². The van der Waals surface area contributed by atoms with Gasteiger partial charge >= 0.3 is 0 Å². The predicted octanol–water partition coefficient (Wildman–Crippen LogP) is 3.48. The van der Waals surface area contributed by atoms with Crippen LogP contribution in [0, 0.1) is 19.8 Å². The van der Waals surface area contributed by atoms with Crippen LogP contribution in [0.1, 0.15) is 42.4 Å². The van der Waals surface area contributed by atoms with Crippen LogP contribution < -0.4 is 5.32 Å². The number of nitrogens with one attached hydrogen (secondary N) is 1. The second kappa shape index (κ2) is 6.34. The monoisotopic (exact) mass is 299 g/mol. The van der Waals surface area contributed by atoms with Gasteiger partial charge in [0.2, 0.25) is 0 Å². The summed E-state index contributed by atoms with van der Waals surface area (Å²) in [6.07, 6.45) is 0. The molecule has 1 heterocycles. The number of aromatic nitrogens is 2. The quantitative estimate of drug-likeness (QED) is 0.939. The maximum absolute atomic E-state index is 12.4. The van der Waals surface area contributed by atoms with Gasteiger partial charge in [-0.1, -0.05) is 26.0 Å². The van der Waals surface area contributed by atoms with Crippen LogP contribution in [0.2, 0.25) is 0 Å². The SMILES string of the molecule is Cc1ccc(-c2cc(C(=O)N[C@H](C)C(C)C)n(C)n2)cc1C. The zero-order valence-electron chi connectivity index (χ0n) is 14.3. The van der Waals surface area contributed by atoms with Crippen molar-refractivity contribution in [2.45, 2.75) is 40.7 Å². The maximum Gasteiger partial charge on any atom is 0.269 e. The highest BCUT2D eigenvalue weighted by atomic mass is 16.2. The molecule has 0 saturated heterocycles. The lowest BCUT2D eigenvalue weighted by atomic mass is 10.0. The molecule has 1 amide bonds. The van der Waals surface area contributed by atoms with Crippen molar-refractivity contribution in [1.82, 2.24) is 15.1 Å². The molecule has 4 nitrogen and oxygen atoms in total. The average Bonchev–Trinajstić information content (AvgIpc) is 2.83. The maximum atomic E-state index is 12.4. The molecule has 0 bridgehead atoms. The van der Waals surface area contributed by atoms with Gasteiger partial charge in [0.15, 0.2) is 0 Å². The number of carbonyl (C=O) groups excluding carboxylic acids is 1. The molecule has 0 aliphatic rings. The van der Waals surface area contributed by atoms with Gasteiger partial charge in [0.05, 0.1) is 5.69 Å². The van der Waals surface area contributed by atoms with Gasteiger partial charge in [-0.05, 0) is 49.9 Å². The van der Waals surface area contributed by atoms with Gasteiger partial charge in [-0.25, -0.2) is 0 Å². The molecule has 0 saturated carbocycles. The van der Waals surface area contributed by atoms with Gasteiger partial charge in [-0.15, -0.1) is 0 Å². The van der Waals surface area contributed by atoms with Gasteiger partial charge in [-0.3, -0.25) is 9.48 Å². The molecule has 1 N–H and O–H groups in total. The minimum Gasteiger partial charge on any atom is -0.348 e. The van der Waals surface area contributed by atoms with E-state index in [4.69, 9.17) is 0 Å². The third-order valence-electron chi connectivity index (χ3n) is 4.27. The molecule has 0 spiro atoms. The third-order valence-corrected chi connectivity index (χ3v) is 4.27. The van der Waals surface area contributed by atoms with Crippen LogP contribution in [0.3, 0.4) is 0 Å². The minimum atomic E-state index is -0.0775. The lowest BCUT2D eigenvalue weighted by molar-refractivity contribution is 0.0921. The van der Waals surface area contributed by atoms with Gasteiger partial charge in [0.1, 0.15) is 5.69 Å². The molecule has 0 aliphatic heterocycles. The molecule has 0 aliphatic carbocycles. The normalized spacial score (nSPS) is 12.5. The molecule has 1 aromatic heterocycles. The fourth-order valence-corrected chi connectivity index (χ4v) is 2.17. The standard InChI is InChI=1S/C18H25N3O/c1-11(2)14(5)19-18(22)17-10-16(20-21(17)6)15-8-7-12(3)13(4)9-15/h7-11,14H,1-6H3,(H,19,22)/t14-/m1/s1. The van der Waals surface area contributed by atoms with Crippen molar-refractivity contribution >= 4 is 5.91 Å². The Kier molecular flexibility index (Phi) is 4.69. The van der Waals surface area contributed by atoms with E-state index in [0.29, 0.717) is 11.6 Å². The van der Waals surface area contributed by atoms with Crippen molar-refractivity contribution in [2.24, 2.45) is 13.0 Å². The second-order valence-corrected chi connectivity index (χ2v) is 6.34. The third kappa shape index (κ3) is 3.38. The number of aryl methyl sites for hydroxylation is 3. The van der Waals surface area contributed by atoms with Crippen LogP contribution >= 0.6 is 0 Å². The van der Waals surface area contributed by atoms with Crippen molar-refractivity contribution in [3.63, 3.8) is 0 Å². The number of hydrogen-bond acceptors (Lipinski definition) is 2. The molecule has 118 valence electrons. The van der Waals surface area contributed by atoms with E-state index in [0.717, 1.165) is 11.3 Å². The number of nitrogens with zero attached hydrogens (tertiary/aromatic N) is 2. The summed E-state index contributed by atoms with van der Waals surface area (Å²) in [5.41, 5.74) is 4.93. The largest absolute Gasteiger partial charge is 0.348 e. The molecule has 0 radical (unpaired) electrons. The van der Waals surface area contributed by atoms with Crippen molar-refractivity contribution in [2.75, 3.05) is 0 Å². The summed E-state index contributed by atoms with van der Waals surface area (Å²) in [7, 11) is 1.81. The number of hydrogen-bond donors (Lipinski definition) is 1. The second-order valence-electron chi connectivity index (χ2n) is 6.34. The topological polar surface area (TPSA) is 46.9 Å². The Hall–Kier alpha value is -2.10. The summed E-state index contributed by atoms with van der Waals surface area (Å²) < 4.78 is 1.65. The molecular weight excluding hydrogens is 274 g/mol. The molecule has 4 heteroatoms. The van der Waals surface area contributed by atoms with E-state index in [1.165, 1.54) is 11.1 Å². The molecule has 0 unspecified atom stereocenters. The Balaban J connectivity index is 2.27. The molecule has 2 rings (SSSR count). The molecular formula is C18H25N3O. The first kappa shape index (κ1) is 16.3. The highest BCUT2D eigenvalue weighted by molar-refractivity contribution is 5.93. The van der Waals surface area contributed by atoms with Gasteiger partial charge < -0.3 is 5.32 Å².